The van der Waals surface area contributed by atoms with Crippen LogP contribution in [0.2, 0.25) is 0 Å². The number of aliphatic hydroxyl groups is 1. The molecule has 6 nitrogen and oxygen atoms in total. The largest absolute Gasteiger partial charge is 0.496 e. The molecule has 2 heterocycles. The van der Waals surface area contributed by atoms with E-state index in [-0.39, 0.29) is 5.91 Å². The summed E-state index contributed by atoms with van der Waals surface area (Å²) in [5, 5.41) is 12.9. The summed E-state index contributed by atoms with van der Waals surface area (Å²) >= 11 is 0. The van der Waals surface area contributed by atoms with E-state index in [1.54, 1.807) is 19.1 Å². The van der Waals surface area contributed by atoms with Gasteiger partial charge < -0.3 is 14.6 Å². The van der Waals surface area contributed by atoms with Crippen molar-refractivity contribution in [1.82, 2.24) is 4.90 Å². The number of aliphatic hydroxyl groups excluding tert-OH is 1. The molecule has 1 amide bonds. The summed E-state index contributed by atoms with van der Waals surface area (Å²) in [6.07, 6.45) is -0.723. The molecule has 0 aliphatic carbocycles. The molecular formula is C23H22N2O4. The van der Waals surface area contributed by atoms with Crippen molar-refractivity contribution in [3.8, 4) is 11.5 Å². The van der Waals surface area contributed by atoms with Crippen LogP contribution in [0.4, 0.5) is 5.69 Å². The van der Waals surface area contributed by atoms with Crippen LogP contribution in [0, 0.1) is 0 Å². The van der Waals surface area contributed by atoms with E-state index >= 15 is 0 Å². The van der Waals surface area contributed by atoms with Gasteiger partial charge in [-0.15, -0.1) is 0 Å². The van der Waals surface area contributed by atoms with Crippen LogP contribution in [0.15, 0.2) is 48.5 Å². The third-order valence-corrected chi connectivity index (χ3v) is 5.85. The molecule has 0 radical (unpaired) electrons. The zero-order valence-electron chi connectivity index (χ0n) is 16.4. The van der Waals surface area contributed by atoms with Gasteiger partial charge in [-0.3, -0.25) is 14.6 Å². The summed E-state index contributed by atoms with van der Waals surface area (Å²) < 4.78 is 11.0. The Kier molecular flexibility index (Phi) is 4.19. The Morgan fingerprint density at radius 1 is 1.03 bits per heavy atom. The number of nitrogens with zero attached hydrogens (tertiary/aromatic N) is 2. The maximum atomic E-state index is 13.1. The molecule has 0 spiro atoms. The predicted octanol–water partition coefficient (Wildman–Crippen LogP) is 3.32. The molecule has 0 saturated carbocycles. The highest BCUT2D eigenvalue weighted by atomic mass is 16.5. The quantitative estimate of drug-likeness (QED) is 0.741. The molecule has 2 aliphatic heterocycles. The number of carbonyl (C=O) groups is 1. The summed E-state index contributed by atoms with van der Waals surface area (Å²) in [5.74, 6) is 1.36. The first kappa shape index (κ1) is 18.0. The first-order valence-electron chi connectivity index (χ1n) is 9.60. The fourth-order valence-corrected chi connectivity index (χ4v) is 4.57. The first-order chi connectivity index (χ1) is 14.1. The number of ether oxygens (including phenoxy) is 2. The van der Waals surface area contributed by atoms with E-state index in [1.165, 1.54) is 0 Å². The summed E-state index contributed by atoms with van der Waals surface area (Å²) in [7, 11) is 3.22. The van der Waals surface area contributed by atoms with Gasteiger partial charge in [-0.25, -0.2) is 0 Å². The van der Waals surface area contributed by atoms with E-state index < -0.39 is 6.10 Å². The molecule has 0 unspecified atom stereocenters. The standard InChI is InChI=1S/C23H22N2O4/c1-28-19-9-10-20(29-2)22-16(19)11-24(12-18(22)26)13-25-17-8-4-6-14-5-3-7-15(21(14)17)23(25)27/h3-10,18,26H,11-13H2,1-2H3/t18-/m0/s1. The van der Waals surface area contributed by atoms with Gasteiger partial charge >= 0.3 is 0 Å². The van der Waals surface area contributed by atoms with Crippen molar-refractivity contribution in [3.05, 3.63) is 65.2 Å². The number of fused-ring (bicyclic) bond motifs is 1. The third-order valence-electron chi connectivity index (χ3n) is 5.85. The SMILES string of the molecule is COc1ccc(OC)c2c1CN(CN1C(=O)c3cccc4cccc1c34)C[C@@H]2O. The number of hydrogen-bond acceptors (Lipinski definition) is 5. The molecular weight excluding hydrogens is 368 g/mol. The fraction of sp³-hybridized carbons (Fsp3) is 0.261. The molecule has 3 aromatic carbocycles. The zero-order chi connectivity index (χ0) is 20.1. The maximum Gasteiger partial charge on any atom is 0.260 e. The van der Waals surface area contributed by atoms with Gasteiger partial charge in [-0.05, 0) is 29.7 Å². The lowest BCUT2D eigenvalue weighted by atomic mass is 9.95. The average Bonchev–Trinajstić information content (AvgIpc) is 3.01. The fourth-order valence-electron chi connectivity index (χ4n) is 4.57. The molecule has 0 bridgehead atoms. The van der Waals surface area contributed by atoms with Crippen LogP contribution in [-0.4, -0.2) is 43.3 Å². The molecule has 5 rings (SSSR count). The minimum atomic E-state index is -0.723. The average molecular weight is 390 g/mol. The van der Waals surface area contributed by atoms with Gasteiger partial charge in [0, 0.05) is 35.2 Å². The lowest BCUT2D eigenvalue weighted by molar-refractivity contribution is 0.0811. The van der Waals surface area contributed by atoms with E-state index in [2.05, 4.69) is 4.90 Å². The van der Waals surface area contributed by atoms with Crippen molar-refractivity contribution in [2.24, 2.45) is 0 Å². The van der Waals surface area contributed by atoms with Crippen molar-refractivity contribution in [1.29, 1.82) is 0 Å². The molecule has 3 aromatic rings. The van der Waals surface area contributed by atoms with Crippen molar-refractivity contribution >= 4 is 22.4 Å². The number of benzene rings is 3. The molecule has 6 heteroatoms. The number of β-amino-alcohol motifs (C(OH)–C–C–N with tert-alkyl or cyclic N) is 1. The van der Waals surface area contributed by atoms with Crippen molar-refractivity contribution in [3.63, 3.8) is 0 Å². The monoisotopic (exact) mass is 390 g/mol. The van der Waals surface area contributed by atoms with E-state index in [0.717, 1.165) is 33.2 Å². The summed E-state index contributed by atoms with van der Waals surface area (Å²) in [5.41, 5.74) is 3.31. The van der Waals surface area contributed by atoms with Gasteiger partial charge in [0.1, 0.15) is 11.5 Å². The van der Waals surface area contributed by atoms with Crippen molar-refractivity contribution in [2.75, 3.05) is 32.3 Å². The highest BCUT2D eigenvalue weighted by Gasteiger charge is 2.34. The van der Waals surface area contributed by atoms with Crippen LogP contribution in [0.3, 0.4) is 0 Å². The minimum absolute atomic E-state index is 0.00491. The number of anilines is 1. The number of amides is 1. The summed E-state index contributed by atoms with van der Waals surface area (Å²) in [6, 6.07) is 15.5. The first-order valence-corrected chi connectivity index (χ1v) is 9.60. The van der Waals surface area contributed by atoms with Crippen molar-refractivity contribution < 1.29 is 19.4 Å². The Balaban J connectivity index is 1.49. The predicted molar refractivity (Wildman–Crippen MR) is 111 cm³/mol. The number of methoxy groups -OCH3 is 2. The highest BCUT2D eigenvalue weighted by molar-refractivity contribution is 6.24. The van der Waals surface area contributed by atoms with Crippen LogP contribution in [0.1, 0.15) is 27.6 Å². The number of hydrogen-bond donors (Lipinski definition) is 1. The highest BCUT2D eigenvalue weighted by Crippen LogP contribution is 2.41. The zero-order valence-corrected chi connectivity index (χ0v) is 16.4. The molecule has 0 fully saturated rings. The Hall–Kier alpha value is -3.09. The van der Waals surface area contributed by atoms with E-state index in [1.807, 2.05) is 48.5 Å². The van der Waals surface area contributed by atoms with E-state index in [4.69, 9.17) is 9.47 Å². The maximum absolute atomic E-state index is 13.1. The van der Waals surface area contributed by atoms with Crippen LogP contribution >= 0.6 is 0 Å². The summed E-state index contributed by atoms with van der Waals surface area (Å²) in [4.78, 5) is 17.0. The lowest BCUT2D eigenvalue weighted by Crippen LogP contribution is -2.43. The van der Waals surface area contributed by atoms with Gasteiger partial charge in [0.2, 0.25) is 0 Å². The lowest BCUT2D eigenvalue weighted by Gasteiger charge is -2.36. The topological polar surface area (TPSA) is 62.2 Å². The van der Waals surface area contributed by atoms with E-state index in [9.17, 15) is 9.90 Å². The normalized spacial score (nSPS) is 18.2. The van der Waals surface area contributed by atoms with Gasteiger partial charge in [-0.2, -0.15) is 0 Å². The van der Waals surface area contributed by atoms with Crippen LogP contribution in [0.25, 0.3) is 10.8 Å². The Labute approximate surface area is 168 Å². The third kappa shape index (κ3) is 2.68. The van der Waals surface area contributed by atoms with Gasteiger partial charge in [0.15, 0.2) is 0 Å². The second-order valence-electron chi connectivity index (χ2n) is 7.45. The smallest absolute Gasteiger partial charge is 0.260 e. The van der Waals surface area contributed by atoms with Crippen molar-refractivity contribution in [2.45, 2.75) is 12.6 Å². The number of rotatable bonds is 4. The molecule has 2 aliphatic rings. The molecule has 1 N–H and O–H groups in total. The van der Waals surface area contributed by atoms with Crippen LogP contribution < -0.4 is 14.4 Å². The van der Waals surface area contributed by atoms with Crippen LogP contribution in [-0.2, 0) is 6.54 Å². The summed E-state index contributed by atoms with van der Waals surface area (Å²) in [6.45, 7) is 1.36. The Morgan fingerprint density at radius 3 is 2.52 bits per heavy atom. The Morgan fingerprint density at radius 2 is 1.76 bits per heavy atom. The van der Waals surface area contributed by atoms with E-state index in [0.29, 0.717) is 31.3 Å². The molecule has 0 saturated heterocycles. The Bertz CT molecular complexity index is 1120. The minimum Gasteiger partial charge on any atom is -0.496 e. The number of carbonyl (C=O) groups excluding carboxylic acids is 1. The molecule has 148 valence electrons. The second kappa shape index (κ2) is 6.76. The molecule has 29 heavy (non-hydrogen) atoms. The van der Waals surface area contributed by atoms with Gasteiger partial charge in [-0.1, -0.05) is 24.3 Å². The molecule has 1 atom stereocenters. The van der Waals surface area contributed by atoms with Crippen LogP contribution in [0.5, 0.6) is 11.5 Å². The van der Waals surface area contributed by atoms with Gasteiger partial charge in [0.05, 0.1) is 32.7 Å². The molecule has 0 aromatic heterocycles. The second-order valence-corrected chi connectivity index (χ2v) is 7.45. The van der Waals surface area contributed by atoms with Gasteiger partial charge in [0.25, 0.3) is 5.91 Å².